The van der Waals surface area contributed by atoms with Crippen LogP contribution in [-0.2, 0) is 0 Å². The van der Waals surface area contributed by atoms with Gasteiger partial charge in [0.25, 0.3) is 5.91 Å². The quantitative estimate of drug-likeness (QED) is 0.673. The van der Waals surface area contributed by atoms with Gasteiger partial charge in [-0.3, -0.25) is 9.78 Å². The average molecular weight is 385 g/mol. The van der Waals surface area contributed by atoms with Crippen LogP contribution in [-0.4, -0.2) is 10.9 Å². The zero-order valence-electron chi connectivity index (χ0n) is 12.9. The number of amides is 1. The van der Waals surface area contributed by atoms with Gasteiger partial charge < -0.3 is 5.32 Å². The highest BCUT2D eigenvalue weighted by Gasteiger charge is 2.15. The summed E-state index contributed by atoms with van der Waals surface area (Å²) in [4.78, 5) is 16.9. The second-order valence-electron chi connectivity index (χ2n) is 5.27. The molecule has 0 atom stereocenters. The van der Waals surface area contributed by atoms with Crippen LogP contribution in [0.2, 0.25) is 0 Å². The zero-order chi connectivity index (χ0) is 17.1. The zero-order valence-corrected chi connectivity index (χ0v) is 14.5. The first-order chi connectivity index (χ1) is 11.6. The van der Waals surface area contributed by atoms with Crippen molar-refractivity contribution in [1.29, 1.82) is 0 Å². The standard InChI is InChI=1S/C19H14BrFN2O/c1-12-14(17-7-2-3-10-22-17)5-4-6-15(12)19(24)23-18-9-8-13(20)11-16(18)21/h2-11H,1H3,(H,23,24). The molecule has 2 aromatic carbocycles. The number of anilines is 1. The minimum atomic E-state index is -0.490. The first-order valence-corrected chi connectivity index (χ1v) is 8.13. The summed E-state index contributed by atoms with van der Waals surface area (Å²) in [6.07, 6.45) is 1.71. The van der Waals surface area contributed by atoms with Crippen molar-refractivity contribution < 1.29 is 9.18 Å². The fourth-order valence-corrected chi connectivity index (χ4v) is 2.79. The van der Waals surface area contributed by atoms with E-state index in [0.29, 0.717) is 10.0 Å². The molecule has 0 saturated carbocycles. The van der Waals surface area contributed by atoms with E-state index < -0.39 is 5.82 Å². The Balaban J connectivity index is 1.93. The molecule has 5 heteroatoms. The van der Waals surface area contributed by atoms with E-state index in [2.05, 4.69) is 26.2 Å². The molecule has 0 unspecified atom stereocenters. The summed E-state index contributed by atoms with van der Waals surface area (Å²) in [6, 6.07) is 15.6. The van der Waals surface area contributed by atoms with Gasteiger partial charge in [0.05, 0.1) is 11.4 Å². The van der Waals surface area contributed by atoms with Gasteiger partial charge in [-0.25, -0.2) is 4.39 Å². The summed E-state index contributed by atoms with van der Waals surface area (Å²) in [5.74, 6) is -0.845. The lowest BCUT2D eigenvalue weighted by Crippen LogP contribution is -2.14. The smallest absolute Gasteiger partial charge is 0.256 e. The van der Waals surface area contributed by atoms with Gasteiger partial charge in [0, 0.05) is 21.8 Å². The highest BCUT2D eigenvalue weighted by atomic mass is 79.9. The number of nitrogens with one attached hydrogen (secondary N) is 1. The SMILES string of the molecule is Cc1c(C(=O)Nc2ccc(Br)cc2F)cccc1-c1ccccn1. The van der Waals surface area contributed by atoms with E-state index in [-0.39, 0.29) is 11.6 Å². The fourth-order valence-electron chi connectivity index (χ4n) is 2.46. The van der Waals surface area contributed by atoms with E-state index in [1.54, 1.807) is 24.4 Å². The van der Waals surface area contributed by atoms with Crippen molar-refractivity contribution in [3.8, 4) is 11.3 Å². The van der Waals surface area contributed by atoms with Gasteiger partial charge >= 0.3 is 0 Å². The van der Waals surface area contributed by atoms with Crippen LogP contribution in [0.5, 0.6) is 0 Å². The molecule has 1 N–H and O–H groups in total. The van der Waals surface area contributed by atoms with E-state index in [1.807, 2.05) is 31.2 Å². The van der Waals surface area contributed by atoms with Gasteiger partial charge in [0.15, 0.2) is 0 Å². The molecule has 0 spiro atoms. The first-order valence-electron chi connectivity index (χ1n) is 7.33. The molecule has 120 valence electrons. The Morgan fingerprint density at radius 1 is 1.12 bits per heavy atom. The minimum absolute atomic E-state index is 0.144. The maximum Gasteiger partial charge on any atom is 0.256 e. The van der Waals surface area contributed by atoms with Gasteiger partial charge in [-0.05, 0) is 48.9 Å². The Morgan fingerprint density at radius 3 is 2.67 bits per heavy atom. The van der Waals surface area contributed by atoms with Crippen LogP contribution >= 0.6 is 15.9 Å². The molecule has 1 aromatic heterocycles. The number of carbonyl (C=O) groups excluding carboxylic acids is 1. The number of hydrogen-bond donors (Lipinski definition) is 1. The van der Waals surface area contributed by atoms with E-state index in [4.69, 9.17) is 0 Å². The number of pyridine rings is 1. The molecule has 3 nitrogen and oxygen atoms in total. The molecule has 0 aliphatic carbocycles. The predicted molar refractivity (Wildman–Crippen MR) is 96.5 cm³/mol. The first kappa shape index (κ1) is 16.3. The molecule has 0 aliphatic rings. The summed E-state index contributed by atoms with van der Waals surface area (Å²) in [5, 5.41) is 2.62. The van der Waals surface area contributed by atoms with Crippen molar-refractivity contribution in [3.05, 3.63) is 82.2 Å². The van der Waals surface area contributed by atoms with Crippen LogP contribution in [0.3, 0.4) is 0 Å². The third kappa shape index (κ3) is 3.36. The molecule has 24 heavy (non-hydrogen) atoms. The van der Waals surface area contributed by atoms with Gasteiger partial charge in [0.1, 0.15) is 5.82 Å². The van der Waals surface area contributed by atoms with E-state index in [9.17, 15) is 9.18 Å². The Hall–Kier alpha value is -2.53. The lowest BCUT2D eigenvalue weighted by molar-refractivity contribution is 0.102. The van der Waals surface area contributed by atoms with Crippen molar-refractivity contribution in [3.63, 3.8) is 0 Å². The Morgan fingerprint density at radius 2 is 1.96 bits per heavy atom. The number of carbonyl (C=O) groups is 1. The van der Waals surface area contributed by atoms with Crippen LogP contribution < -0.4 is 5.32 Å². The number of halogens is 2. The lowest BCUT2D eigenvalue weighted by Gasteiger charge is -2.12. The lowest BCUT2D eigenvalue weighted by atomic mass is 9.99. The van der Waals surface area contributed by atoms with E-state index >= 15 is 0 Å². The molecular weight excluding hydrogens is 371 g/mol. The van der Waals surface area contributed by atoms with Crippen molar-refractivity contribution in [1.82, 2.24) is 4.98 Å². The molecule has 0 saturated heterocycles. The number of aromatic nitrogens is 1. The number of benzene rings is 2. The second-order valence-corrected chi connectivity index (χ2v) is 6.19. The average Bonchev–Trinajstić information content (AvgIpc) is 2.58. The molecule has 3 rings (SSSR count). The summed E-state index contributed by atoms with van der Waals surface area (Å²) in [7, 11) is 0. The van der Waals surface area contributed by atoms with Crippen molar-refractivity contribution in [2.45, 2.75) is 6.92 Å². The summed E-state index contributed by atoms with van der Waals surface area (Å²) < 4.78 is 14.5. The Bertz CT molecular complexity index is 897. The highest BCUT2D eigenvalue weighted by molar-refractivity contribution is 9.10. The van der Waals surface area contributed by atoms with Gasteiger partial charge in [-0.15, -0.1) is 0 Å². The predicted octanol–water partition coefficient (Wildman–Crippen LogP) is 5.21. The molecule has 1 amide bonds. The summed E-state index contributed by atoms with van der Waals surface area (Å²) >= 11 is 3.19. The van der Waals surface area contributed by atoms with E-state index in [1.165, 1.54) is 12.1 Å². The van der Waals surface area contributed by atoms with Gasteiger partial charge in [-0.2, -0.15) is 0 Å². The van der Waals surface area contributed by atoms with Crippen LogP contribution in [0.4, 0.5) is 10.1 Å². The van der Waals surface area contributed by atoms with Crippen molar-refractivity contribution >= 4 is 27.5 Å². The highest BCUT2D eigenvalue weighted by Crippen LogP contribution is 2.25. The fraction of sp³-hybridized carbons (Fsp3) is 0.0526. The Labute approximate surface area is 147 Å². The molecule has 0 aliphatic heterocycles. The number of nitrogens with zero attached hydrogens (tertiary/aromatic N) is 1. The third-order valence-corrected chi connectivity index (χ3v) is 4.19. The van der Waals surface area contributed by atoms with Crippen molar-refractivity contribution in [2.75, 3.05) is 5.32 Å². The van der Waals surface area contributed by atoms with Crippen molar-refractivity contribution in [2.24, 2.45) is 0 Å². The molecule has 0 radical (unpaired) electrons. The van der Waals surface area contributed by atoms with Crippen LogP contribution in [0, 0.1) is 12.7 Å². The Kier molecular flexibility index (Phi) is 4.71. The maximum atomic E-state index is 13.9. The van der Waals surface area contributed by atoms with Crippen LogP contribution in [0.1, 0.15) is 15.9 Å². The third-order valence-electron chi connectivity index (χ3n) is 3.70. The minimum Gasteiger partial charge on any atom is -0.319 e. The molecular formula is C19H14BrFN2O. The molecule has 1 heterocycles. The largest absolute Gasteiger partial charge is 0.319 e. The topological polar surface area (TPSA) is 42.0 Å². The second kappa shape index (κ2) is 6.93. The molecule has 0 bridgehead atoms. The van der Waals surface area contributed by atoms with E-state index in [0.717, 1.165) is 16.8 Å². The summed E-state index contributed by atoms with van der Waals surface area (Å²) in [5.41, 5.74) is 3.09. The van der Waals surface area contributed by atoms with Gasteiger partial charge in [-0.1, -0.05) is 34.1 Å². The van der Waals surface area contributed by atoms with Crippen LogP contribution in [0.15, 0.2) is 65.3 Å². The molecule has 3 aromatic rings. The maximum absolute atomic E-state index is 13.9. The number of hydrogen-bond acceptors (Lipinski definition) is 2. The number of rotatable bonds is 3. The molecule has 0 fully saturated rings. The van der Waals surface area contributed by atoms with Gasteiger partial charge in [0.2, 0.25) is 0 Å². The monoisotopic (exact) mass is 384 g/mol. The summed E-state index contributed by atoms with van der Waals surface area (Å²) in [6.45, 7) is 1.86. The normalized spacial score (nSPS) is 10.5. The van der Waals surface area contributed by atoms with Crippen LogP contribution in [0.25, 0.3) is 11.3 Å².